The average molecular weight is 304 g/mol. The Labute approximate surface area is 124 Å². The summed E-state index contributed by atoms with van der Waals surface area (Å²) in [7, 11) is 1.66. The van der Waals surface area contributed by atoms with Crippen LogP contribution < -0.4 is 10.1 Å². The van der Waals surface area contributed by atoms with Gasteiger partial charge in [-0.15, -0.1) is 11.6 Å². The number of alkyl halides is 1. The first kappa shape index (κ1) is 14.9. The minimum Gasteiger partial charge on any atom is -0.493 e. The van der Waals surface area contributed by atoms with Crippen molar-refractivity contribution in [2.75, 3.05) is 26.9 Å². The van der Waals surface area contributed by atoms with Gasteiger partial charge in [0.2, 0.25) is 0 Å². The van der Waals surface area contributed by atoms with Crippen molar-refractivity contribution in [3.05, 3.63) is 28.3 Å². The normalized spacial score (nSPS) is 15.1. The fraction of sp³-hybridized carbons (Fsp3) is 0.571. The van der Waals surface area contributed by atoms with Crippen molar-refractivity contribution in [1.29, 1.82) is 0 Å². The molecule has 1 heterocycles. The number of nitrogens with one attached hydrogen (secondary N) is 1. The van der Waals surface area contributed by atoms with E-state index < -0.39 is 0 Å². The third kappa shape index (κ3) is 4.25. The van der Waals surface area contributed by atoms with Crippen LogP contribution in [0.1, 0.15) is 17.5 Å². The Morgan fingerprint density at radius 1 is 1.47 bits per heavy atom. The van der Waals surface area contributed by atoms with E-state index in [1.165, 1.54) is 5.56 Å². The van der Waals surface area contributed by atoms with Crippen LogP contribution in [0, 0.1) is 0 Å². The van der Waals surface area contributed by atoms with E-state index in [0.29, 0.717) is 6.61 Å². The molecule has 2 rings (SSSR count). The molecule has 1 aliphatic heterocycles. The van der Waals surface area contributed by atoms with Gasteiger partial charge in [0.25, 0.3) is 0 Å². The number of rotatable bonds is 7. The highest BCUT2D eigenvalue weighted by Crippen LogP contribution is 2.32. The highest BCUT2D eigenvalue weighted by Gasteiger charge is 2.17. The van der Waals surface area contributed by atoms with Crippen LogP contribution in [0.25, 0.3) is 0 Å². The second-order valence-electron chi connectivity index (χ2n) is 4.67. The van der Waals surface area contributed by atoms with E-state index in [0.717, 1.165) is 48.9 Å². The lowest BCUT2D eigenvalue weighted by molar-refractivity contribution is 0.195. The van der Waals surface area contributed by atoms with Crippen LogP contribution in [0.4, 0.5) is 0 Å². The predicted octanol–water partition coefficient (Wildman–Crippen LogP) is 3.01. The maximum absolute atomic E-state index is 6.11. The van der Waals surface area contributed by atoms with Crippen molar-refractivity contribution >= 4 is 23.2 Å². The van der Waals surface area contributed by atoms with Crippen LogP contribution in [0.5, 0.6) is 5.75 Å². The highest BCUT2D eigenvalue weighted by molar-refractivity contribution is 6.30. The van der Waals surface area contributed by atoms with Gasteiger partial charge in [-0.05, 0) is 30.7 Å². The van der Waals surface area contributed by atoms with Crippen molar-refractivity contribution in [1.82, 2.24) is 5.32 Å². The van der Waals surface area contributed by atoms with Crippen molar-refractivity contribution in [2.24, 2.45) is 0 Å². The molecular formula is C14H19Cl2NO2. The SMILES string of the molecule is COCC(Cl)CCNCc1cc(Cl)cc2c1OCC2. The molecule has 1 aromatic rings. The summed E-state index contributed by atoms with van der Waals surface area (Å²) in [6.07, 6.45) is 1.82. The first-order chi connectivity index (χ1) is 9.20. The van der Waals surface area contributed by atoms with Gasteiger partial charge in [0.15, 0.2) is 0 Å². The van der Waals surface area contributed by atoms with Gasteiger partial charge in [-0.1, -0.05) is 11.6 Å². The maximum Gasteiger partial charge on any atom is 0.127 e. The van der Waals surface area contributed by atoms with Crippen molar-refractivity contribution in [3.63, 3.8) is 0 Å². The highest BCUT2D eigenvalue weighted by atomic mass is 35.5. The van der Waals surface area contributed by atoms with Crippen LogP contribution in [0.2, 0.25) is 5.02 Å². The van der Waals surface area contributed by atoms with Crippen molar-refractivity contribution in [2.45, 2.75) is 24.8 Å². The van der Waals surface area contributed by atoms with E-state index in [-0.39, 0.29) is 5.38 Å². The Balaban J connectivity index is 1.83. The fourth-order valence-electron chi connectivity index (χ4n) is 2.22. The molecule has 0 aliphatic carbocycles. The molecule has 3 nitrogen and oxygen atoms in total. The van der Waals surface area contributed by atoms with Gasteiger partial charge >= 0.3 is 0 Å². The third-order valence-corrected chi connectivity index (χ3v) is 3.69. The summed E-state index contributed by atoms with van der Waals surface area (Å²) in [5.74, 6) is 0.996. The van der Waals surface area contributed by atoms with Gasteiger partial charge in [-0.2, -0.15) is 0 Å². The number of ether oxygens (including phenoxy) is 2. The zero-order chi connectivity index (χ0) is 13.7. The molecule has 0 bridgehead atoms. The molecule has 19 heavy (non-hydrogen) atoms. The fourth-order valence-corrected chi connectivity index (χ4v) is 2.72. The van der Waals surface area contributed by atoms with Crippen LogP contribution >= 0.6 is 23.2 Å². The lowest BCUT2D eigenvalue weighted by atomic mass is 10.1. The van der Waals surface area contributed by atoms with E-state index in [1.54, 1.807) is 7.11 Å². The van der Waals surface area contributed by atoms with Crippen LogP contribution in [-0.4, -0.2) is 32.2 Å². The molecule has 0 aromatic heterocycles. The van der Waals surface area contributed by atoms with Crippen LogP contribution in [0.3, 0.4) is 0 Å². The summed E-state index contributed by atoms with van der Waals surface area (Å²) in [6, 6.07) is 3.95. The Morgan fingerprint density at radius 2 is 2.32 bits per heavy atom. The quantitative estimate of drug-likeness (QED) is 0.620. The molecular weight excluding hydrogens is 285 g/mol. The first-order valence-electron chi connectivity index (χ1n) is 6.48. The maximum atomic E-state index is 6.11. The molecule has 0 amide bonds. The van der Waals surface area contributed by atoms with Crippen molar-refractivity contribution in [3.8, 4) is 5.75 Å². The van der Waals surface area contributed by atoms with Crippen molar-refractivity contribution < 1.29 is 9.47 Å². The first-order valence-corrected chi connectivity index (χ1v) is 7.30. The number of fused-ring (bicyclic) bond motifs is 1. The van der Waals surface area contributed by atoms with E-state index in [2.05, 4.69) is 5.32 Å². The smallest absolute Gasteiger partial charge is 0.127 e. The van der Waals surface area contributed by atoms with Gasteiger partial charge in [0.05, 0.1) is 18.6 Å². The number of hydrogen-bond acceptors (Lipinski definition) is 3. The lowest BCUT2D eigenvalue weighted by Crippen LogP contribution is -2.20. The van der Waals surface area contributed by atoms with E-state index in [1.807, 2.05) is 12.1 Å². The van der Waals surface area contributed by atoms with Crippen LogP contribution in [0.15, 0.2) is 12.1 Å². The summed E-state index contributed by atoms with van der Waals surface area (Å²) < 4.78 is 10.7. The second kappa shape index (κ2) is 7.34. The standard InChI is InChI=1S/C14H19Cl2NO2/c1-18-9-12(15)2-4-17-8-11-7-13(16)6-10-3-5-19-14(10)11/h6-7,12,17H,2-5,8-9H2,1H3. The van der Waals surface area contributed by atoms with Gasteiger partial charge in [-0.25, -0.2) is 0 Å². The zero-order valence-corrected chi connectivity index (χ0v) is 12.6. The molecule has 1 atom stereocenters. The van der Waals surface area contributed by atoms with E-state index in [9.17, 15) is 0 Å². The molecule has 5 heteroatoms. The summed E-state index contributed by atoms with van der Waals surface area (Å²) in [5, 5.41) is 4.20. The number of benzene rings is 1. The number of hydrogen-bond donors (Lipinski definition) is 1. The minimum absolute atomic E-state index is 0.0545. The molecule has 1 N–H and O–H groups in total. The van der Waals surface area contributed by atoms with Gasteiger partial charge in [0.1, 0.15) is 5.75 Å². The Morgan fingerprint density at radius 3 is 3.11 bits per heavy atom. The molecule has 1 aliphatic rings. The average Bonchev–Trinajstić information content (AvgIpc) is 2.82. The molecule has 0 saturated heterocycles. The van der Waals surface area contributed by atoms with Gasteiger partial charge in [-0.3, -0.25) is 0 Å². The van der Waals surface area contributed by atoms with E-state index >= 15 is 0 Å². The Kier molecular flexibility index (Phi) is 5.76. The Bertz CT molecular complexity index is 426. The van der Waals surface area contributed by atoms with Crippen LogP contribution in [-0.2, 0) is 17.7 Å². The summed E-state index contributed by atoms with van der Waals surface area (Å²) >= 11 is 12.2. The largest absolute Gasteiger partial charge is 0.493 e. The number of methoxy groups -OCH3 is 1. The molecule has 0 spiro atoms. The predicted molar refractivity (Wildman–Crippen MR) is 78.5 cm³/mol. The molecule has 106 valence electrons. The molecule has 0 fully saturated rings. The molecule has 0 saturated carbocycles. The second-order valence-corrected chi connectivity index (χ2v) is 5.72. The zero-order valence-electron chi connectivity index (χ0n) is 11.0. The lowest BCUT2D eigenvalue weighted by Gasteiger charge is -2.12. The molecule has 0 radical (unpaired) electrons. The topological polar surface area (TPSA) is 30.5 Å². The van der Waals surface area contributed by atoms with Gasteiger partial charge < -0.3 is 14.8 Å². The minimum atomic E-state index is 0.0545. The molecule has 1 unspecified atom stereocenters. The summed E-state index contributed by atoms with van der Waals surface area (Å²) in [5.41, 5.74) is 2.33. The third-order valence-electron chi connectivity index (χ3n) is 3.12. The monoisotopic (exact) mass is 303 g/mol. The number of halogens is 2. The summed E-state index contributed by atoms with van der Waals surface area (Å²) in [4.78, 5) is 0. The summed E-state index contributed by atoms with van der Waals surface area (Å²) in [6.45, 7) is 2.93. The Hall–Kier alpha value is -0.480. The van der Waals surface area contributed by atoms with Gasteiger partial charge in [0, 0.05) is 30.7 Å². The molecule has 1 aromatic carbocycles. The van der Waals surface area contributed by atoms with E-state index in [4.69, 9.17) is 32.7 Å².